The van der Waals surface area contributed by atoms with Crippen molar-refractivity contribution in [2.45, 2.75) is 6.42 Å². The number of carbonyl (C=O) groups excluding carboxylic acids is 2. The standard InChI is InChI=1S/C23H21ClN2O4S/c1-25(18-7-5-4-6-17(18)24)23(28)20-13-14-10-11-30-19-12-15(22(27)26(2)29-3)8-9-16(19)21(14)31-20/h4-9,12-13H,10-11H2,1-3H3. The van der Waals surface area contributed by atoms with Crippen molar-refractivity contribution in [1.29, 1.82) is 0 Å². The highest BCUT2D eigenvalue weighted by molar-refractivity contribution is 7.17. The number of hydroxylamine groups is 2. The van der Waals surface area contributed by atoms with Gasteiger partial charge in [-0.2, -0.15) is 0 Å². The van der Waals surface area contributed by atoms with Gasteiger partial charge in [-0.1, -0.05) is 23.7 Å². The van der Waals surface area contributed by atoms with Crippen LogP contribution in [-0.2, 0) is 11.3 Å². The summed E-state index contributed by atoms with van der Waals surface area (Å²) in [5.74, 6) is 0.235. The minimum atomic E-state index is -0.262. The van der Waals surface area contributed by atoms with E-state index >= 15 is 0 Å². The van der Waals surface area contributed by atoms with Crippen molar-refractivity contribution >= 4 is 40.4 Å². The van der Waals surface area contributed by atoms with Crippen molar-refractivity contribution in [3.8, 4) is 16.2 Å². The number of anilines is 1. The van der Waals surface area contributed by atoms with Crippen LogP contribution in [0.3, 0.4) is 0 Å². The molecule has 0 unspecified atom stereocenters. The topological polar surface area (TPSA) is 59.1 Å². The lowest BCUT2D eigenvalue weighted by atomic mass is 10.0. The number of benzene rings is 2. The number of nitrogens with zero attached hydrogens (tertiary/aromatic N) is 2. The molecule has 1 aliphatic rings. The molecule has 3 aromatic rings. The average molecular weight is 457 g/mol. The first-order valence-electron chi connectivity index (χ1n) is 9.65. The third-order valence-electron chi connectivity index (χ3n) is 5.20. The molecule has 0 saturated carbocycles. The van der Waals surface area contributed by atoms with Crippen LogP contribution in [0.4, 0.5) is 5.69 Å². The minimum absolute atomic E-state index is 0.123. The number of carbonyl (C=O) groups is 2. The van der Waals surface area contributed by atoms with E-state index < -0.39 is 0 Å². The molecule has 1 aliphatic heterocycles. The molecule has 0 radical (unpaired) electrons. The molecule has 0 fully saturated rings. The maximum Gasteiger partial charge on any atom is 0.277 e. The van der Waals surface area contributed by atoms with Crippen LogP contribution in [0.5, 0.6) is 5.75 Å². The quantitative estimate of drug-likeness (QED) is 0.523. The van der Waals surface area contributed by atoms with Gasteiger partial charge in [-0.05, 0) is 42.0 Å². The third kappa shape index (κ3) is 4.04. The van der Waals surface area contributed by atoms with Gasteiger partial charge in [0.1, 0.15) is 5.75 Å². The van der Waals surface area contributed by atoms with E-state index in [1.165, 1.54) is 18.4 Å². The van der Waals surface area contributed by atoms with Gasteiger partial charge in [-0.3, -0.25) is 14.4 Å². The summed E-state index contributed by atoms with van der Waals surface area (Å²) in [5, 5.41) is 1.68. The van der Waals surface area contributed by atoms with E-state index in [4.69, 9.17) is 21.2 Å². The lowest BCUT2D eigenvalue weighted by Gasteiger charge is -2.17. The zero-order valence-corrected chi connectivity index (χ0v) is 18.9. The molecule has 1 aromatic heterocycles. The minimum Gasteiger partial charge on any atom is -0.493 e. The van der Waals surface area contributed by atoms with E-state index in [0.717, 1.165) is 21.1 Å². The van der Waals surface area contributed by atoms with Crippen LogP contribution < -0.4 is 9.64 Å². The lowest BCUT2D eigenvalue weighted by Crippen LogP contribution is -2.25. The number of hydrogen-bond acceptors (Lipinski definition) is 5. The van der Waals surface area contributed by atoms with Crippen LogP contribution in [0.2, 0.25) is 5.02 Å². The molecule has 0 atom stereocenters. The molecule has 0 aliphatic carbocycles. The summed E-state index contributed by atoms with van der Waals surface area (Å²) in [5.41, 5.74) is 3.05. The lowest BCUT2D eigenvalue weighted by molar-refractivity contribution is -0.0757. The summed E-state index contributed by atoms with van der Waals surface area (Å²) >= 11 is 7.69. The molecule has 0 bridgehead atoms. The van der Waals surface area contributed by atoms with Crippen molar-refractivity contribution in [1.82, 2.24) is 5.06 Å². The predicted octanol–water partition coefficient (Wildman–Crippen LogP) is 4.91. The molecule has 31 heavy (non-hydrogen) atoms. The Morgan fingerprint density at radius 2 is 1.87 bits per heavy atom. The molecule has 2 aromatic carbocycles. The van der Waals surface area contributed by atoms with Crippen molar-refractivity contribution < 1.29 is 19.2 Å². The van der Waals surface area contributed by atoms with E-state index in [1.54, 1.807) is 37.2 Å². The van der Waals surface area contributed by atoms with Gasteiger partial charge < -0.3 is 9.64 Å². The number of ether oxygens (including phenoxy) is 1. The van der Waals surface area contributed by atoms with E-state index in [-0.39, 0.29) is 11.8 Å². The number of halogens is 1. The van der Waals surface area contributed by atoms with Gasteiger partial charge in [0.15, 0.2) is 0 Å². The van der Waals surface area contributed by atoms with Gasteiger partial charge in [-0.15, -0.1) is 11.3 Å². The highest BCUT2D eigenvalue weighted by atomic mass is 35.5. The Balaban J connectivity index is 1.68. The Bertz CT molecular complexity index is 1160. The van der Waals surface area contributed by atoms with Gasteiger partial charge in [0.05, 0.1) is 29.3 Å². The molecule has 160 valence electrons. The number of fused-ring (bicyclic) bond motifs is 3. The normalized spacial score (nSPS) is 12.3. The van der Waals surface area contributed by atoms with Crippen LogP contribution in [-0.4, -0.2) is 44.7 Å². The van der Waals surface area contributed by atoms with Crippen molar-refractivity contribution in [2.24, 2.45) is 0 Å². The molecule has 8 heteroatoms. The van der Waals surface area contributed by atoms with Crippen LogP contribution in [0, 0.1) is 0 Å². The molecule has 2 amide bonds. The maximum absolute atomic E-state index is 13.1. The Labute approximate surface area is 189 Å². The Hall–Kier alpha value is -2.87. The molecule has 2 heterocycles. The van der Waals surface area contributed by atoms with Crippen LogP contribution in [0.15, 0.2) is 48.5 Å². The first-order chi connectivity index (χ1) is 14.9. The number of para-hydroxylation sites is 1. The zero-order chi connectivity index (χ0) is 22.1. The summed E-state index contributed by atoms with van der Waals surface area (Å²) in [4.78, 5) is 33.7. The smallest absolute Gasteiger partial charge is 0.277 e. The highest BCUT2D eigenvalue weighted by Crippen LogP contribution is 2.42. The SMILES string of the molecule is CON(C)C(=O)c1ccc2c(c1)OCCc1cc(C(=O)N(C)c3ccccc3Cl)sc1-2. The van der Waals surface area contributed by atoms with Crippen molar-refractivity contribution in [3.05, 3.63) is 69.6 Å². The Morgan fingerprint density at radius 3 is 2.61 bits per heavy atom. The molecule has 0 spiro atoms. The Kier molecular flexibility index (Phi) is 6.00. The maximum atomic E-state index is 13.1. The van der Waals surface area contributed by atoms with Crippen molar-refractivity contribution in [3.63, 3.8) is 0 Å². The van der Waals surface area contributed by atoms with Crippen molar-refractivity contribution in [2.75, 3.05) is 32.7 Å². The molecule has 4 rings (SSSR count). The summed E-state index contributed by atoms with van der Waals surface area (Å²) < 4.78 is 5.91. The molecular weight excluding hydrogens is 436 g/mol. The fourth-order valence-electron chi connectivity index (χ4n) is 3.44. The predicted molar refractivity (Wildman–Crippen MR) is 122 cm³/mol. The van der Waals surface area contributed by atoms with Gasteiger partial charge in [0, 0.05) is 36.5 Å². The second kappa shape index (κ2) is 8.70. The second-order valence-corrected chi connectivity index (χ2v) is 8.53. The largest absolute Gasteiger partial charge is 0.493 e. The van der Waals surface area contributed by atoms with E-state index in [1.807, 2.05) is 30.3 Å². The fraction of sp³-hybridized carbons (Fsp3) is 0.217. The van der Waals surface area contributed by atoms with E-state index in [2.05, 4.69) is 0 Å². The van der Waals surface area contributed by atoms with Gasteiger partial charge in [0.25, 0.3) is 11.8 Å². The monoisotopic (exact) mass is 456 g/mol. The van der Waals surface area contributed by atoms with Gasteiger partial charge >= 0.3 is 0 Å². The molecule has 0 N–H and O–H groups in total. The summed E-state index contributed by atoms with van der Waals surface area (Å²) in [6.45, 7) is 0.461. The molecular formula is C23H21ClN2O4S. The van der Waals surface area contributed by atoms with Gasteiger partial charge in [0.2, 0.25) is 0 Å². The first-order valence-corrected chi connectivity index (χ1v) is 10.8. The number of amides is 2. The molecule has 6 nitrogen and oxygen atoms in total. The van der Waals surface area contributed by atoms with Crippen LogP contribution in [0.25, 0.3) is 10.4 Å². The fourth-order valence-corrected chi connectivity index (χ4v) is 4.92. The summed E-state index contributed by atoms with van der Waals surface area (Å²) in [7, 11) is 4.71. The van der Waals surface area contributed by atoms with Crippen LogP contribution in [0.1, 0.15) is 25.6 Å². The van der Waals surface area contributed by atoms with Gasteiger partial charge in [-0.25, -0.2) is 5.06 Å². The van der Waals surface area contributed by atoms with E-state index in [9.17, 15) is 9.59 Å². The summed E-state index contributed by atoms with van der Waals surface area (Å²) in [6.07, 6.45) is 0.671. The number of thiophene rings is 1. The number of rotatable bonds is 4. The second-order valence-electron chi connectivity index (χ2n) is 7.08. The zero-order valence-electron chi connectivity index (χ0n) is 17.3. The van der Waals surface area contributed by atoms with E-state index in [0.29, 0.717) is 39.9 Å². The number of hydrogen-bond donors (Lipinski definition) is 0. The van der Waals surface area contributed by atoms with Crippen LogP contribution >= 0.6 is 22.9 Å². The third-order valence-corrected chi connectivity index (χ3v) is 6.72. The molecule has 0 saturated heterocycles. The first kappa shape index (κ1) is 21.4. The average Bonchev–Trinajstić information content (AvgIpc) is 3.13. The Morgan fingerprint density at radius 1 is 1.10 bits per heavy atom. The highest BCUT2D eigenvalue weighted by Gasteiger charge is 2.25. The summed E-state index contributed by atoms with van der Waals surface area (Å²) in [6, 6.07) is 14.5.